The normalized spacial score (nSPS) is 12.2. The summed E-state index contributed by atoms with van der Waals surface area (Å²) in [5, 5.41) is 17.1. The first-order chi connectivity index (χ1) is 9.74. The molecule has 1 unspecified atom stereocenters. The van der Waals surface area contributed by atoms with Crippen LogP contribution in [0.15, 0.2) is 35.1 Å². The molecule has 2 N–H and O–H groups in total. The molecule has 1 aromatic heterocycles. The second-order valence-electron chi connectivity index (χ2n) is 4.25. The molecular formula is C14H18N2O4. The van der Waals surface area contributed by atoms with Crippen molar-refractivity contribution in [3.05, 3.63) is 41.8 Å². The monoisotopic (exact) mass is 278 g/mol. The molecular weight excluding hydrogens is 260 g/mol. The molecule has 0 radical (unpaired) electrons. The fraction of sp³-hybridized carbons (Fsp3) is 0.357. The fourth-order valence-corrected chi connectivity index (χ4v) is 1.88. The number of ether oxygens (including phenoxy) is 2. The number of benzene rings is 1. The maximum absolute atomic E-state index is 10.2. The summed E-state index contributed by atoms with van der Waals surface area (Å²) in [5.74, 6) is 1.30. The molecule has 0 amide bonds. The largest absolute Gasteiger partial charge is 0.497 e. The van der Waals surface area contributed by atoms with Gasteiger partial charge in [0.25, 0.3) is 0 Å². The van der Waals surface area contributed by atoms with Crippen LogP contribution in [0.3, 0.4) is 0 Å². The van der Waals surface area contributed by atoms with E-state index in [0.717, 1.165) is 5.69 Å². The van der Waals surface area contributed by atoms with Gasteiger partial charge in [-0.05, 0) is 18.2 Å². The minimum atomic E-state index is -0.702. The van der Waals surface area contributed by atoms with Crippen molar-refractivity contribution in [1.82, 2.24) is 10.5 Å². The number of aliphatic hydroxyl groups is 1. The quantitative estimate of drug-likeness (QED) is 0.799. The van der Waals surface area contributed by atoms with Gasteiger partial charge in [0.1, 0.15) is 17.8 Å². The number of methoxy groups -OCH3 is 2. The number of hydrogen-bond donors (Lipinski definition) is 2. The van der Waals surface area contributed by atoms with E-state index >= 15 is 0 Å². The molecule has 0 aliphatic carbocycles. The van der Waals surface area contributed by atoms with Gasteiger partial charge >= 0.3 is 0 Å². The third kappa shape index (κ3) is 3.49. The first-order valence-corrected chi connectivity index (χ1v) is 6.24. The van der Waals surface area contributed by atoms with Gasteiger partial charge in [-0.15, -0.1) is 0 Å². The Labute approximate surface area is 117 Å². The SMILES string of the molecule is COc1ccc(OC)c(C(O)CNCc2ccon2)c1. The molecule has 0 fully saturated rings. The standard InChI is InChI=1S/C14H18N2O4/c1-18-11-3-4-14(19-2)12(7-11)13(17)9-15-8-10-5-6-20-16-10/h3-7,13,15,17H,8-9H2,1-2H3. The molecule has 0 saturated carbocycles. The third-order valence-electron chi connectivity index (χ3n) is 2.93. The van der Waals surface area contributed by atoms with Gasteiger partial charge in [-0.2, -0.15) is 0 Å². The summed E-state index contributed by atoms with van der Waals surface area (Å²) in [6.07, 6.45) is 0.811. The molecule has 1 atom stereocenters. The summed E-state index contributed by atoms with van der Waals surface area (Å²) in [6, 6.07) is 7.10. The predicted octanol–water partition coefficient (Wildman–Crippen LogP) is 1.52. The van der Waals surface area contributed by atoms with E-state index in [0.29, 0.717) is 30.2 Å². The van der Waals surface area contributed by atoms with Crippen molar-refractivity contribution in [3.63, 3.8) is 0 Å². The molecule has 6 heteroatoms. The lowest BCUT2D eigenvalue weighted by atomic mass is 10.1. The molecule has 0 saturated heterocycles. The molecule has 2 aromatic rings. The van der Waals surface area contributed by atoms with Crippen molar-refractivity contribution in [2.24, 2.45) is 0 Å². The van der Waals surface area contributed by atoms with Crippen LogP contribution >= 0.6 is 0 Å². The van der Waals surface area contributed by atoms with Gasteiger partial charge < -0.3 is 24.4 Å². The summed E-state index contributed by atoms with van der Waals surface area (Å²) in [5.41, 5.74) is 1.47. The van der Waals surface area contributed by atoms with Gasteiger partial charge in [-0.3, -0.25) is 0 Å². The third-order valence-corrected chi connectivity index (χ3v) is 2.93. The zero-order valence-electron chi connectivity index (χ0n) is 11.5. The van der Waals surface area contributed by atoms with Crippen molar-refractivity contribution in [3.8, 4) is 11.5 Å². The average Bonchev–Trinajstić information content (AvgIpc) is 2.99. The Bertz CT molecular complexity index is 528. The van der Waals surface area contributed by atoms with Crippen LogP contribution in [0.5, 0.6) is 11.5 Å². The number of aromatic nitrogens is 1. The van der Waals surface area contributed by atoms with E-state index in [4.69, 9.17) is 14.0 Å². The fourth-order valence-electron chi connectivity index (χ4n) is 1.88. The maximum Gasteiger partial charge on any atom is 0.124 e. The first-order valence-electron chi connectivity index (χ1n) is 6.24. The molecule has 0 aliphatic heterocycles. The molecule has 1 aromatic carbocycles. The Kier molecular flexibility index (Phi) is 4.97. The Hall–Kier alpha value is -2.05. The van der Waals surface area contributed by atoms with E-state index in [2.05, 4.69) is 10.5 Å². The summed E-state index contributed by atoms with van der Waals surface area (Å²) in [6.45, 7) is 0.899. The Balaban J connectivity index is 1.98. The van der Waals surface area contributed by atoms with E-state index in [-0.39, 0.29) is 0 Å². The highest BCUT2D eigenvalue weighted by molar-refractivity contribution is 5.41. The molecule has 0 spiro atoms. The highest BCUT2D eigenvalue weighted by Gasteiger charge is 2.14. The zero-order chi connectivity index (χ0) is 14.4. The van der Waals surface area contributed by atoms with Gasteiger partial charge in [0.2, 0.25) is 0 Å². The number of aliphatic hydroxyl groups excluding tert-OH is 1. The number of nitrogens with zero attached hydrogens (tertiary/aromatic N) is 1. The van der Waals surface area contributed by atoms with Gasteiger partial charge in [0, 0.05) is 24.7 Å². The van der Waals surface area contributed by atoms with Crippen LogP contribution < -0.4 is 14.8 Å². The van der Waals surface area contributed by atoms with Crippen LogP contribution in [0, 0.1) is 0 Å². The minimum absolute atomic E-state index is 0.371. The lowest BCUT2D eigenvalue weighted by Gasteiger charge is -2.16. The van der Waals surface area contributed by atoms with Gasteiger partial charge in [-0.1, -0.05) is 5.16 Å². The highest BCUT2D eigenvalue weighted by atomic mass is 16.5. The van der Waals surface area contributed by atoms with Crippen LogP contribution in [0.2, 0.25) is 0 Å². The van der Waals surface area contributed by atoms with Gasteiger partial charge in [0.15, 0.2) is 0 Å². The first kappa shape index (κ1) is 14.4. The van der Waals surface area contributed by atoms with Crippen molar-refractivity contribution in [1.29, 1.82) is 0 Å². The maximum atomic E-state index is 10.2. The van der Waals surface area contributed by atoms with Crippen molar-refractivity contribution >= 4 is 0 Å². The van der Waals surface area contributed by atoms with Gasteiger partial charge in [0.05, 0.1) is 26.0 Å². The van der Waals surface area contributed by atoms with Crippen LogP contribution in [0.25, 0.3) is 0 Å². The number of nitrogens with one attached hydrogen (secondary N) is 1. The molecule has 1 heterocycles. The molecule has 20 heavy (non-hydrogen) atoms. The van der Waals surface area contributed by atoms with Crippen LogP contribution in [0.1, 0.15) is 17.4 Å². The van der Waals surface area contributed by atoms with Crippen molar-refractivity contribution in [2.75, 3.05) is 20.8 Å². The van der Waals surface area contributed by atoms with E-state index in [9.17, 15) is 5.11 Å². The second kappa shape index (κ2) is 6.93. The molecule has 108 valence electrons. The summed E-state index contributed by atoms with van der Waals surface area (Å²) >= 11 is 0. The average molecular weight is 278 g/mol. The topological polar surface area (TPSA) is 76.8 Å². The zero-order valence-corrected chi connectivity index (χ0v) is 11.5. The van der Waals surface area contributed by atoms with Gasteiger partial charge in [-0.25, -0.2) is 0 Å². The molecule has 0 aliphatic rings. The summed E-state index contributed by atoms with van der Waals surface area (Å²) < 4.78 is 15.1. The summed E-state index contributed by atoms with van der Waals surface area (Å²) in [7, 11) is 3.15. The minimum Gasteiger partial charge on any atom is -0.497 e. The van der Waals surface area contributed by atoms with Crippen LogP contribution in [0.4, 0.5) is 0 Å². The highest BCUT2D eigenvalue weighted by Crippen LogP contribution is 2.29. The van der Waals surface area contributed by atoms with Crippen molar-refractivity contribution in [2.45, 2.75) is 12.6 Å². The molecule has 0 bridgehead atoms. The van der Waals surface area contributed by atoms with E-state index in [1.165, 1.54) is 6.26 Å². The molecule has 6 nitrogen and oxygen atoms in total. The van der Waals surface area contributed by atoms with E-state index < -0.39 is 6.10 Å². The van der Waals surface area contributed by atoms with Crippen LogP contribution in [-0.2, 0) is 6.54 Å². The Morgan fingerprint density at radius 1 is 1.30 bits per heavy atom. The lowest BCUT2D eigenvalue weighted by molar-refractivity contribution is 0.169. The van der Waals surface area contributed by atoms with E-state index in [1.807, 2.05) is 0 Å². The summed E-state index contributed by atoms with van der Waals surface area (Å²) in [4.78, 5) is 0. The predicted molar refractivity (Wildman–Crippen MR) is 72.7 cm³/mol. The van der Waals surface area contributed by atoms with E-state index in [1.54, 1.807) is 38.5 Å². The second-order valence-corrected chi connectivity index (χ2v) is 4.25. The van der Waals surface area contributed by atoms with Crippen molar-refractivity contribution < 1.29 is 19.1 Å². The smallest absolute Gasteiger partial charge is 0.124 e. The Morgan fingerprint density at radius 3 is 2.80 bits per heavy atom. The Morgan fingerprint density at radius 2 is 2.15 bits per heavy atom. The molecule has 2 rings (SSSR count). The van der Waals surface area contributed by atoms with Crippen LogP contribution in [-0.4, -0.2) is 31.0 Å². The number of hydrogen-bond acceptors (Lipinski definition) is 6. The number of rotatable bonds is 7. The lowest BCUT2D eigenvalue weighted by Crippen LogP contribution is -2.21.